The van der Waals surface area contributed by atoms with E-state index < -0.39 is 0 Å². The Kier molecular flexibility index (Phi) is 2.41. The number of nitrogens with zero attached hydrogens (tertiary/aromatic N) is 4. The zero-order valence-electron chi connectivity index (χ0n) is 9.63. The zero-order valence-corrected chi connectivity index (χ0v) is 10.4. The van der Waals surface area contributed by atoms with Crippen LogP contribution in [0.3, 0.4) is 0 Å². The van der Waals surface area contributed by atoms with Gasteiger partial charge in [-0.3, -0.25) is 0 Å². The van der Waals surface area contributed by atoms with Crippen LogP contribution in [-0.4, -0.2) is 19.7 Å². The summed E-state index contributed by atoms with van der Waals surface area (Å²) in [5.74, 6) is 0.669. The second-order valence-corrected chi connectivity index (χ2v) is 4.39. The average molecular weight is 260 g/mol. The fourth-order valence-corrected chi connectivity index (χ4v) is 1.92. The Labute approximate surface area is 108 Å². The number of anilines is 1. The van der Waals surface area contributed by atoms with E-state index >= 15 is 0 Å². The van der Waals surface area contributed by atoms with Gasteiger partial charge in [-0.25, -0.2) is 14.6 Å². The van der Waals surface area contributed by atoms with Gasteiger partial charge in [-0.2, -0.15) is 5.10 Å². The molecule has 5 nitrogen and oxygen atoms in total. The maximum absolute atomic E-state index is 6.01. The quantitative estimate of drug-likeness (QED) is 0.681. The van der Waals surface area contributed by atoms with E-state index in [1.54, 1.807) is 16.9 Å². The molecule has 18 heavy (non-hydrogen) atoms. The van der Waals surface area contributed by atoms with E-state index in [1.165, 1.54) is 6.33 Å². The van der Waals surface area contributed by atoms with Gasteiger partial charge < -0.3 is 5.73 Å². The summed E-state index contributed by atoms with van der Waals surface area (Å²) in [6.07, 6.45) is 3.22. The van der Waals surface area contributed by atoms with Gasteiger partial charge in [0.15, 0.2) is 5.82 Å². The summed E-state index contributed by atoms with van der Waals surface area (Å²) in [4.78, 5) is 8.44. The summed E-state index contributed by atoms with van der Waals surface area (Å²) in [6.45, 7) is 1.84. The van der Waals surface area contributed by atoms with E-state index in [9.17, 15) is 0 Å². The van der Waals surface area contributed by atoms with E-state index in [-0.39, 0.29) is 0 Å². The van der Waals surface area contributed by atoms with Crippen LogP contribution in [0.4, 0.5) is 5.69 Å². The summed E-state index contributed by atoms with van der Waals surface area (Å²) in [5, 5.41) is 5.76. The molecular formula is C12H10ClN5. The molecule has 0 fully saturated rings. The molecule has 0 bridgehead atoms. The number of fused-ring (bicyclic) bond motifs is 1. The number of aromatic nitrogens is 4. The first-order chi connectivity index (χ1) is 8.65. The molecule has 1 aromatic carbocycles. The van der Waals surface area contributed by atoms with Gasteiger partial charge in [0, 0.05) is 11.1 Å². The minimum Gasteiger partial charge on any atom is -0.399 e. The molecule has 3 rings (SSSR count). The average Bonchev–Trinajstić information content (AvgIpc) is 2.68. The minimum absolute atomic E-state index is 0.602. The first-order valence-corrected chi connectivity index (χ1v) is 5.75. The normalized spacial score (nSPS) is 11.0. The lowest BCUT2D eigenvalue weighted by molar-refractivity contribution is 0.836. The van der Waals surface area contributed by atoms with E-state index in [1.807, 2.05) is 19.1 Å². The van der Waals surface area contributed by atoms with Crippen molar-refractivity contribution in [2.45, 2.75) is 6.92 Å². The number of aryl methyl sites for hydroxylation is 1. The van der Waals surface area contributed by atoms with Crippen LogP contribution < -0.4 is 5.73 Å². The molecule has 0 unspecified atom stereocenters. The Morgan fingerprint density at radius 3 is 2.83 bits per heavy atom. The van der Waals surface area contributed by atoms with Gasteiger partial charge in [0.1, 0.15) is 6.33 Å². The molecule has 2 heterocycles. The predicted molar refractivity (Wildman–Crippen MR) is 70.8 cm³/mol. The van der Waals surface area contributed by atoms with Gasteiger partial charge in [0.25, 0.3) is 0 Å². The second-order valence-electron chi connectivity index (χ2n) is 3.98. The SMILES string of the molecule is Cc1nn(-c2ncnc3ccc(N)cc23)cc1Cl. The highest BCUT2D eigenvalue weighted by Crippen LogP contribution is 2.22. The smallest absolute Gasteiger partial charge is 0.164 e. The molecule has 2 N–H and O–H groups in total. The van der Waals surface area contributed by atoms with Gasteiger partial charge in [0.05, 0.1) is 22.4 Å². The largest absolute Gasteiger partial charge is 0.399 e. The van der Waals surface area contributed by atoms with Crippen molar-refractivity contribution < 1.29 is 0 Å². The zero-order chi connectivity index (χ0) is 12.7. The van der Waals surface area contributed by atoms with Crippen LogP contribution >= 0.6 is 11.6 Å². The van der Waals surface area contributed by atoms with Crippen LogP contribution in [0, 0.1) is 6.92 Å². The molecule has 0 atom stereocenters. The Morgan fingerprint density at radius 2 is 2.11 bits per heavy atom. The van der Waals surface area contributed by atoms with Crippen LogP contribution in [0.15, 0.2) is 30.7 Å². The first-order valence-electron chi connectivity index (χ1n) is 5.37. The van der Waals surface area contributed by atoms with Crippen LogP contribution in [0.1, 0.15) is 5.69 Å². The van der Waals surface area contributed by atoms with Crippen molar-refractivity contribution in [1.82, 2.24) is 19.7 Å². The molecule has 0 aliphatic heterocycles. The lowest BCUT2D eigenvalue weighted by Gasteiger charge is -2.05. The maximum Gasteiger partial charge on any atom is 0.164 e. The number of rotatable bonds is 1. The van der Waals surface area contributed by atoms with Crippen LogP contribution in [0.5, 0.6) is 0 Å². The van der Waals surface area contributed by atoms with Crippen LogP contribution in [0.25, 0.3) is 16.7 Å². The van der Waals surface area contributed by atoms with Gasteiger partial charge in [-0.15, -0.1) is 0 Å². The van der Waals surface area contributed by atoms with Gasteiger partial charge in [-0.1, -0.05) is 11.6 Å². The molecule has 0 saturated heterocycles. The Hall–Kier alpha value is -2.14. The molecule has 0 saturated carbocycles. The summed E-state index contributed by atoms with van der Waals surface area (Å²) in [7, 11) is 0. The molecule has 6 heteroatoms. The summed E-state index contributed by atoms with van der Waals surface area (Å²) < 4.78 is 1.64. The van der Waals surface area contributed by atoms with E-state index in [0.29, 0.717) is 16.5 Å². The summed E-state index contributed by atoms with van der Waals surface area (Å²) in [6, 6.07) is 5.49. The van der Waals surface area contributed by atoms with Gasteiger partial charge in [0.2, 0.25) is 0 Å². The van der Waals surface area contributed by atoms with Crippen molar-refractivity contribution in [3.8, 4) is 5.82 Å². The van der Waals surface area contributed by atoms with Crippen LogP contribution in [-0.2, 0) is 0 Å². The number of hydrogen-bond acceptors (Lipinski definition) is 4. The highest BCUT2D eigenvalue weighted by Gasteiger charge is 2.09. The molecule has 0 aliphatic rings. The van der Waals surface area contributed by atoms with Crippen molar-refractivity contribution in [3.05, 3.63) is 41.4 Å². The third kappa shape index (κ3) is 1.69. The van der Waals surface area contributed by atoms with Crippen molar-refractivity contribution in [1.29, 1.82) is 0 Å². The Bertz CT molecular complexity index is 715. The molecule has 3 aromatic rings. The third-order valence-electron chi connectivity index (χ3n) is 2.69. The highest BCUT2D eigenvalue weighted by molar-refractivity contribution is 6.31. The molecule has 0 spiro atoms. The van der Waals surface area contributed by atoms with Crippen LogP contribution in [0.2, 0.25) is 5.02 Å². The van der Waals surface area contributed by atoms with Gasteiger partial charge in [-0.05, 0) is 25.1 Å². The number of hydrogen-bond donors (Lipinski definition) is 1. The molecular weight excluding hydrogens is 250 g/mol. The molecule has 90 valence electrons. The monoisotopic (exact) mass is 259 g/mol. The van der Waals surface area contributed by atoms with E-state index in [4.69, 9.17) is 17.3 Å². The van der Waals surface area contributed by atoms with E-state index in [2.05, 4.69) is 15.1 Å². The fourth-order valence-electron chi connectivity index (χ4n) is 1.79. The highest BCUT2D eigenvalue weighted by atomic mass is 35.5. The lowest BCUT2D eigenvalue weighted by Crippen LogP contribution is -2.01. The fraction of sp³-hybridized carbons (Fsp3) is 0.0833. The first kappa shape index (κ1) is 11.0. The number of nitrogens with two attached hydrogens (primary N) is 1. The van der Waals surface area contributed by atoms with Crippen molar-refractivity contribution in [3.63, 3.8) is 0 Å². The standard InChI is InChI=1S/C12H10ClN5/c1-7-10(13)5-18(17-7)12-9-4-8(14)2-3-11(9)15-6-16-12/h2-6H,14H2,1H3. The van der Waals surface area contributed by atoms with Crippen molar-refractivity contribution in [2.75, 3.05) is 5.73 Å². The predicted octanol–water partition coefficient (Wildman–Crippen LogP) is 2.36. The Balaban J connectivity index is 2.31. The molecule has 2 aromatic heterocycles. The third-order valence-corrected chi connectivity index (χ3v) is 3.07. The molecule has 0 amide bonds. The van der Waals surface area contributed by atoms with Crippen molar-refractivity contribution in [2.24, 2.45) is 0 Å². The van der Waals surface area contributed by atoms with Gasteiger partial charge >= 0.3 is 0 Å². The topological polar surface area (TPSA) is 69.6 Å². The lowest BCUT2D eigenvalue weighted by atomic mass is 10.2. The Morgan fingerprint density at radius 1 is 1.28 bits per heavy atom. The number of halogens is 1. The number of benzene rings is 1. The molecule has 0 radical (unpaired) electrons. The maximum atomic E-state index is 6.01. The summed E-state index contributed by atoms with van der Waals surface area (Å²) in [5.41, 5.74) is 8.03. The number of nitrogen functional groups attached to an aromatic ring is 1. The second kappa shape index (κ2) is 3.96. The van der Waals surface area contributed by atoms with Crippen molar-refractivity contribution >= 4 is 28.2 Å². The minimum atomic E-state index is 0.602. The molecule has 0 aliphatic carbocycles. The van der Waals surface area contributed by atoms with E-state index in [0.717, 1.165) is 16.6 Å². The summed E-state index contributed by atoms with van der Waals surface area (Å²) >= 11 is 6.01.